The average molecular weight is 647 g/mol. The van der Waals surface area contributed by atoms with Crippen LogP contribution in [0.1, 0.15) is 0 Å². The van der Waals surface area contributed by atoms with Crippen molar-refractivity contribution >= 4 is 61.2 Å². The van der Waals surface area contributed by atoms with Crippen LogP contribution in [0.25, 0.3) is 60.5 Å². The molecular formula is C46H31ClN2. The van der Waals surface area contributed by atoms with Crippen molar-refractivity contribution in [1.82, 2.24) is 4.57 Å². The molecule has 0 aliphatic carbocycles. The number of hydrogen-bond donors (Lipinski definition) is 0. The minimum Gasteiger partial charge on any atom is -0.310 e. The second-order valence-corrected chi connectivity index (χ2v) is 12.8. The van der Waals surface area contributed by atoms with E-state index in [1.54, 1.807) is 0 Å². The van der Waals surface area contributed by atoms with Crippen molar-refractivity contribution in [2.45, 2.75) is 0 Å². The Morgan fingerprint density at radius 1 is 0.388 bits per heavy atom. The van der Waals surface area contributed by atoms with Gasteiger partial charge in [-0.25, -0.2) is 0 Å². The summed E-state index contributed by atoms with van der Waals surface area (Å²) in [6.07, 6.45) is 0. The minimum absolute atomic E-state index is 0.693. The topological polar surface area (TPSA) is 8.17 Å². The molecule has 49 heavy (non-hydrogen) atoms. The number of rotatable bonds is 6. The Morgan fingerprint density at radius 3 is 1.78 bits per heavy atom. The van der Waals surface area contributed by atoms with Crippen LogP contribution >= 0.6 is 11.6 Å². The molecule has 0 fully saturated rings. The Kier molecular flexibility index (Phi) is 7.22. The maximum absolute atomic E-state index is 6.88. The van der Waals surface area contributed by atoms with E-state index < -0.39 is 0 Å². The number of benzene rings is 8. The Morgan fingerprint density at radius 2 is 1.02 bits per heavy atom. The van der Waals surface area contributed by atoms with Gasteiger partial charge in [-0.1, -0.05) is 133 Å². The lowest BCUT2D eigenvalue weighted by Gasteiger charge is -2.26. The molecular weight excluding hydrogens is 616 g/mol. The molecule has 9 aromatic rings. The molecule has 0 saturated heterocycles. The second-order valence-electron chi connectivity index (χ2n) is 12.4. The number of anilines is 3. The summed E-state index contributed by atoms with van der Waals surface area (Å²) in [5.41, 5.74) is 11.3. The minimum atomic E-state index is 0.693. The van der Waals surface area contributed by atoms with Gasteiger partial charge in [-0.05, 0) is 94.4 Å². The van der Waals surface area contributed by atoms with Gasteiger partial charge in [0.1, 0.15) is 0 Å². The predicted molar refractivity (Wildman–Crippen MR) is 209 cm³/mol. The largest absolute Gasteiger partial charge is 0.310 e. The van der Waals surface area contributed by atoms with Crippen LogP contribution in [0.2, 0.25) is 5.02 Å². The molecule has 0 bridgehead atoms. The van der Waals surface area contributed by atoms with Gasteiger partial charge in [-0.3, -0.25) is 0 Å². The molecule has 8 aromatic carbocycles. The molecule has 0 amide bonds. The van der Waals surface area contributed by atoms with Gasteiger partial charge < -0.3 is 9.47 Å². The zero-order valence-electron chi connectivity index (χ0n) is 26.7. The van der Waals surface area contributed by atoms with Crippen LogP contribution in [0.15, 0.2) is 188 Å². The van der Waals surface area contributed by atoms with Crippen molar-refractivity contribution in [2.75, 3.05) is 4.90 Å². The van der Waals surface area contributed by atoms with Crippen LogP contribution in [0.5, 0.6) is 0 Å². The summed E-state index contributed by atoms with van der Waals surface area (Å²) in [5, 5.41) is 5.57. The first-order valence-corrected chi connectivity index (χ1v) is 16.9. The van der Waals surface area contributed by atoms with Gasteiger partial charge in [0.25, 0.3) is 0 Å². The lowest BCUT2D eigenvalue weighted by molar-refractivity contribution is 1.19. The molecule has 0 atom stereocenters. The van der Waals surface area contributed by atoms with E-state index in [1.165, 1.54) is 43.7 Å². The van der Waals surface area contributed by atoms with Crippen molar-refractivity contribution in [3.8, 4) is 27.9 Å². The van der Waals surface area contributed by atoms with Crippen molar-refractivity contribution < 1.29 is 0 Å². The van der Waals surface area contributed by atoms with Crippen molar-refractivity contribution in [1.29, 1.82) is 0 Å². The highest BCUT2D eigenvalue weighted by Crippen LogP contribution is 2.41. The van der Waals surface area contributed by atoms with Crippen molar-refractivity contribution in [3.05, 3.63) is 193 Å². The summed E-state index contributed by atoms with van der Waals surface area (Å²) in [7, 11) is 0. The molecule has 0 N–H and O–H groups in total. The molecule has 2 nitrogen and oxygen atoms in total. The van der Waals surface area contributed by atoms with Crippen molar-refractivity contribution in [2.24, 2.45) is 0 Å². The first-order chi connectivity index (χ1) is 24.2. The molecule has 1 aromatic heterocycles. The van der Waals surface area contributed by atoms with Crippen LogP contribution < -0.4 is 4.90 Å². The fourth-order valence-corrected chi connectivity index (χ4v) is 7.39. The number of halogens is 1. The normalized spacial score (nSPS) is 11.4. The first kappa shape index (κ1) is 29.1. The third-order valence-electron chi connectivity index (χ3n) is 9.36. The Labute approximate surface area is 290 Å². The van der Waals surface area contributed by atoms with E-state index in [9.17, 15) is 0 Å². The Hall–Kier alpha value is -6.09. The summed E-state index contributed by atoms with van der Waals surface area (Å²) in [4.78, 5) is 2.25. The van der Waals surface area contributed by atoms with E-state index >= 15 is 0 Å². The molecule has 1 heterocycles. The number of hydrogen-bond acceptors (Lipinski definition) is 1. The standard InChI is InChI=1S/C46H31ClN2/c47-37-28-36(30-41(31-37)48(38-16-6-2-7-17-38)39-18-8-3-9-19-39)34-23-25-42-35(27-34)24-26-44-43-21-10-11-22-45(43)49(46(42)44)40-20-12-15-33(29-40)32-13-4-1-5-14-32/h1-31H. The molecule has 0 aliphatic rings. The molecule has 0 unspecified atom stereocenters. The highest BCUT2D eigenvalue weighted by molar-refractivity contribution is 6.31. The van der Waals surface area contributed by atoms with Crippen LogP contribution in [0, 0.1) is 0 Å². The van der Waals surface area contributed by atoms with Gasteiger partial charge in [0.2, 0.25) is 0 Å². The highest BCUT2D eigenvalue weighted by Gasteiger charge is 2.17. The highest BCUT2D eigenvalue weighted by atomic mass is 35.5. The number of fused-ring (bicyclic) bond motifs is 5. The Balaban J connectivity index is 1.21. The number of nitrogens with zero attached hydrogens (tertiary/aromatic N) is 2. The van der Waals surface area contributed by atoms with Crippen LogP contribution in [0.4, 0.5) is 17.1 Å². The first-order valence-electron chi connectivity index (χ1n) is 16.5. The quantitative estimate of drug-likeness (QED) is 0.174. The van der Waals surface area contributed by atoms with E-state index in [0.717, 1.165) is 33.9 Å². The second kappa shape index (κ2) is 12.2. The number of para-hydroxylation sites is 3. The third kappa shape index (κ3) is 5.24. The zero-order valence-corrected chi connectivity index (χ0v) is 27.4. The van der Waals surface area contributed by atoms with Gasteiger partial charge in [0.05, 0.1) is 11.0 Å². The third-order valence-corrected chi connectivity index (χ3v) is 9.58. The predicted octanol–water partition coefficient (Wildman–Crippen LogP) is 13.4. The molecule has 232 valence electrons. The number of aromatic nitrogens is 1. The molecule has 0 aliphatic heterocycles. The maximum Gasteiger partial charge on any atom is 0.0619 e. The lowest BCUT2D eigenvalue weighted by atomic mass is 9.98. The summed E-state index contributed by atoms with van der Waals surface area (Å²) in [6, 6.07) is 66.7. The lowest BCUT2D eigenvalue weighted by Crippen LogP contribution is -2.09. The average Bonchev–Trinajstić information content (AvgIpc) is 3.51. The van der Waals surface area contributed by atoms with E-state index in [-0.39, 0.29) is 0 Å². The SMILES string of the molecule is Clc1cc(-c2ccc3c(ccc4c5ccccc5n(-c5cccc(-c6ccccc6)c5)c34)c2)cc(N(c2ccccc2)c2ccccc2)c1. The van der Waals surface area contributed by atoms with Crippen LogP contribution in [-0.2, 0) is 0 Å². The van der Waals surface area contributed by atoms with Gasteiger partial charge in [-0.15, -0.1) is 0 Å². The van der Waals surface area contributed by atoms with Gasteiger partial charge >= 0.3 is 0 Å². The summed E-state index contributed by atoms with van der Waals surface area (Å²) in [6.45, 7) is 0. The maximum atomic E-state index is 6.88. The van der Waals surface area contributed by atoms with Gasteiger partial charge in [-0.2, -0.15) is 0 Å². The monoisotopic (exact) mass is 646 g/mol. The zero-order chi connectivity index (χ0) is 32.7. The summed E-state index contributed by atoms with van der Waals surface area (Å²) >= 11 is 6.88. The summed E-state index contributed by atoms with van der Waals surface area (Å²) in [5.74, 6) is 0. The van der Waals surface area contributed by atoms with Gasteiger partial charge in [0, 0.05) is 43.9 Å². The van der Waals surface area contributed by atoms with E-state index in [1.807, 2.05) is 18.2 Å². The fourth-order valence-electron chi connectivity index (χ4n) is 7.16. The van der Waals surface area contributed by atoms with E-state index in [4.69, 9.17) is 11.6 Å². The molecule has 0 saturated carbocycles. The van der Waals surface area contributed by atoms with Gasteiger partial charge in [0.15, 0.2) is 0 Å². The van der Waals surface area contributed by atoms with E-state index in [0.29, 0.717) is 5.02 Å². The fraction of sp³-hybridized carbons (Fsp3) is 0. The van der Waals surface area contributed by atoms with Crippen molar-refractivity contribution in [3.63, 3.8) is 0 Å². The van der Waals surface area contributed by atoms with E-state index in [2.05, 4.69) is 179 Å². The molecule has 9 rings (SSSR count). The molecule has 3 heteroatoms. The summed E-state index contributed by atoms with van der Waals surface area (Å²) < 4.78 is 2.42. The Bertz CT molecular complexity index is 2570. The molecule has 0 radical (unpaired) electrons. The molecule has 0 spiro atoms. The smallest absolute Gasteiger partial charge is 0.0619 e. The van der Waals surface area contributed by atoms with Crippen LogP contribution in [-0.4, -0.2) is 4.57 Å². The van der Waals surface area contributed by atoms with Crippen LogP contribution in [0.3, 0.4) is 0 Å².